The monoisotopic (exact) mass is 381 g/mol. The van der Waals surface area contributed by atoms with Gasteiger partial charge in [0.25, 0.3) is 0 Å². The van der Waals surface area contributed by atoms with Crippen LogP contribution >= 0.6 is 0 Å². The highest BCUT2D eigenvalue weighted by atomic mass is 16.5. The molecule has 3 rings (SSSR count). The van der Waals surface area contributed by atoms with Crippen molar-refractivity contribution >= 4 is 29.1 Å². The summed E-state index contributed by atoms with van der Waals surface area (Å²) in [6.07, 6.45) is -0.303. The lowest BCUT2D eigenvalue weighted by Gasteiger charge is -2.34. The number of fused-ring (bicyclic) bond motifs is 1. The van der Waals surface area contributed by atoms with Crippen LogP contribution in [-0.4, -0.2) is 37.7 Å². The van der Waals surface area contributed by atoms with Crippen LogP contribution in [0.4, 0.5) is 11.4 Å². The van der Waals surface area contributed by atoms with Crippen molar-refractivity contribution < 1.29 is 19.1 Å². The molecule has 0 saturated carbocycles. The van der Waals surface area contributed by atoms with Gasteiger partial charge in [-0.1, -0.05) is 29.8 Å². The topological polar surface area (TPSA) is 89.0 Å². The summed E-state index contributed by atoms with van der Waals surface area (Å²) in [5.74, 6) is -0.783. The van der Waals surface area contributed by atoms with E-state index in [0.29, 0.717) is 11.5 Å². The number of carbonyl (C=O) groups excluding carboxylic acids is 2. The summed E-state index contributed by atoms with van der Waals surface area (Å²) >= 11 is 0. The number of amidine groups is 1. The van der Waals surface area contributed by atoms with Gasteiger partial charge in [0.05, 0.1) is 14.2 Å². The van der Waals surface area contributed by atoms with Gasteiger partial charge in [-0.25, -0.2) is 9.79 Å². The Kier molecular flexibility index (Phi) is 5.35. The van der Waals surface area contributed by atoms with Gasteiger partial charge in [-0.3, -0.25) is 4.79 Å². The first kappa shape index (κ1) is 19.4. The molecule has 0 spiro atoms. The molecule has 0 amide bonds. The van der Waals surface area contributed by atoms with Gasteiger partial charge in [0.15, 0.2) is 0 Å². The van der Waals surface area contributed by atoms with E-state index in [1.165, 1.54) is 14.2 Å². The zero-order valence-electron chi connectivity index (χ0n) is 16.3. The Morgan fingerprint density at radius 1 is 1.11 bits per heavy atom. The summed E-state index contributed by atoms with van der Waals surface area (Å²) in [6, 6.07) is 13.4. The number of methoxy groups -OCH3 is 2. The van der Waals surface area contributed by atoms with E-state index in [4.69, 9.17) is 9.47 Å². The van der Waals surface area contributed by atoms with Crippen molar-refractivity contribution in [1.29, 1.82) is 0 Å². The number of carbonyl (C=O) groups is 2. The third-order valence-electron chi connectivity index (χ3n) is 4.61. The molecule has 2 aromatic carbocycles. The molecule has 0 aromatic heterocycles. The fourth-order valence-electron chi connectivity index (χ4n) is 3.18. The third-order valence-corrected chi connectivity index (χ3v) is 4.61. The molecule has 0 saturated heterocycles. The Bertz CT molecular complexity index is 954. The van der Waals surface area contributed by atoms with E-state index in [1.54, 1.807) is 0 Å². The fourth-order valence-corrected chi connectivity index (χ4v) is 3.18. The molecule has 0 bridgehead atoms. The molecular formula is C21H23N3O4. The second kappa shape index (κ2) is 7.72. The molecule has 7 heteroatoms. The first-order chi connectivity index (χ1) is 13.4. The van der Waals surface area contributed by atoms with E-state index < -0.39 is 17.6 Å². The minimum absolute atomic E-state index is 0.303. The van der Waals surface area contributed by atoms with Crippen LogP contribution in [0.3, 0.4) is 0 Å². The molecule has 0 aliphatic carbocycles. The molecular weight excluding hydrogens is 358 g/mol. The number of benzene rings is 2. The number of nitrogens with zero attached hydrogens (tertiary/aromatic N) is 1. The lowest BCUT2D eigenvalue weighted by atomic mass is 10.00. The van der Waals surface area contributed by atoms with E-state index >= 15 is 0 Å². The number of anilines is 2. The first-order valence-electron chi connectivity index (χ1n) is 8.85. The van der Waals surface area contributed by atoms with Crippen molar-refractivity contribution in [3.63, 3.8) is 0 Å². The third kappa shape index (κ3) is 3.69. The highest BCUT2D eigenvalue weighted by Gasteiger charge is 2.45. The van der Waals surface area contributed by atoms with E-state index in [-0.39, 0.29) is 6.42 Å². The summed E-state index contributed by atoms with van der Waals surface area (Å²) in [6.45, 7) is 4.01. The largest absolute Gasteiger partial charge is 0.469 e. The number of esters is 2. The Morgan fingerprint density at radius 2 is 1.86 bits per heavy atom. The van der Waals surface area contributed by atoms with Crippen LogP contribution in [0, 0.1) is 13.8 Å². The SMILES string of the molecule is COC(=O)CC1(C(=O)OC)N=C(Nc2ccc(C)cc2C)c2ccccc2N1. The zero-order chi connectivity index (χ0) is 20.3. The van der Waals surface area contributed by atoms with Crippen LogP contribution in [0.2, 0.25) is 0 Å². The number of nitrogens with one attached hydrogen (secondary N) is 2. The average molecular weight is 381 g/mol. The quantitative estimate of drug-likeness (QED) is 0.792. The number of aryl methyl sites for hydroxylation is 2. The molecule has 1 aliphatic rings. The van der Waals surface area contributed by atoms with E-state index in [2.05, 4.69) is 21.7 Å². The molecule has 28 heavy (non-hydrogen) atoms. The minimum atomic E-state index is -1.61. The molecule has 146 valence electrons. The maximum absolute atomic E-state index is 12.6. The van der Waals surface area contributed by atoms with Gasteiger partial charge in [-0.15, -0.1) is 0 Å². The number of hydrogen-bond acceptors (Lipinski definition) is 7. The van der Waals surface area contributed by atoms with Crippen LogP contribution in [0.25, 0.3) is 0 Å². The van der Waals surface area contributed by atoms with Gasteiger partial charge in [0, 0.05) is 16.9 Å². The smallest absolute Gasteiger partial charge is 0.355 e. The Labute approximate surface area is 163 Å². The standard InChI is InChI=1S/C21H23N3O4/c1-13-9-10-16(14(2)11-13)22-19-15-7-5-6-8-17(15)23-21(24-19,20(26)28-4)12-18(25)27-3/h5-11,23H,12H2,1-4H3,(H,22,24). The first-order valence-corrected chi connectivity index (χ1v) is 8.85. The molecule has 7 nitrogen and oxygen atoms in total. The van der Waals surface area contributed by atoms with Crippen LogP contribution < -0.4 is 10.6 Å². The normalized spacial score (nSPS) is 17.6. The molecule has 2 N–H and O–H groups in total. The van der Waals surface area contributed by atoms with E-state index in [9.17, 15) is 9.59 Å². The Balaban J connectivity index is 2.11. The van der Waals surface area contributed by atoms with Gasteiger partial charge in [-0.05, 0) is 37.6 Å². The molecule has 1 heterocycles. The second-order valence-electron chi connectivity index (χ2n) is 6.68. The van der Waals surface area contributed by atoms with Crippen molar-refractivity contribution in [2.45, 2.75) is 25.9 Å². The Hall–Kier alpha value is -3.35. The van der Waals surface area contributed by atoms with Crippen LogP contribution in [0.15, 0.2) is 47.5 Å². The molecule has 0 radical (unpaired) electrons. The molecule has 2 aromatic rings. The summed E-state index contributed by atoms with van der Waals surface area (Å²) in [5, 5.41) is 6.37. The predicted octanol–water partition coefficient (Wildman–Crippen LogP) is 3.02. The fraction of sp³-hybridized carbons (Fsp3) is 0.286. The van der Waals surface area contributed by atoms with Crippen molar-refractivity contribution in [2.75, 3.05) is 24.9 Å². The van der Waals surface area contributed by atoms with Crippen molar-refractivity contribution in [1.82, 2.24) is 0 Å². The van der Waals surface area contributed by atoms with E-state index in [1.807, 2.05) is 50.2 Å². The highest BCUT2D eigenvalue weighted by molar-refractivity contribution is 6.15. The number of para-hydroxylation sites is 1. The zero-order valence-corrected chi connectivity index (χ0v) is 16.3. The second-order valence-corrected chi connectivity index (χ2v) is 6.68. The summed E-state index contributed by atoms with van der Waals surface area (Å²) in [5.41, 5.74) is 2.88. The number of aliphatic imine (C=N–C) groups is 1. The number of rotatable bonds is 4. The summed E-state index contributed by atoms with van der Waals surface area (Å²) in [7, 11) is 2.53. The van der Waals surface area contributed by atoms with Gasteiger partial charge < -0.3 is 20.1 Å². The van der Waals surface area contributed by atoms with Crippen LogP contribution in [0.5, 0.6) is 0 Å². The van der Waals surface area contributed by atoms with Gasteiger partial charge >= 0.3 is 11.9 Å². The lowest BCUT2D eigenvalue weighted by Crippen LogP contribution is -2.51. The van der Waals surface area contributed by atoms with Crippen molar-refractivity contribution in [2.24, 2.45) is 4.99 Å². The summed E-state index contributed by atoms with van der Waals surface area (Å²) < 4.78 is 9.72. The summed E-state index contributed by atoms with van der Waals surface area (Å²) in [4.78, 5) is 29.2. The van der Waals surface area contributed by atoms with Gasteiger partial charge in [0.1, 0.15) is 12.3 Å². The average Bonchev–Trinajstić information content (AvgIpc) is 2.69. The maximum atomic E-state index is 12.6. The minimum Gasteiger partial charge on any atom is -0.469 e. The molecule has 1 atom stereocenters. The van der Waals surface area contributed by atoms with Crippen LogP contribution in [-0.2, 0) is 19.1 Å². The van der Waals surface area contributed by atoms with E-state index in [0.717, 1.165) is 22.4 Å². The lowest BCUT2D eigenvalue weighted by molar-refractivity contribution is -0.152. The Morgan fingerprint density at radius 3 is 2.54 bits per heavy atom. The van der Waals surface area contributed by atoms with Crippen LogP contribution in [0.1, 0.15) is 23.1 Å². The molecule has 1 unspecified atom stereocenters. The van der Waals surface area contributed by atoms with Gasteiger partial charge in [0.2, 0.25) is 5.66 Å². The molecule has 1 aliphatic heterocycles. The van der Waals surface area contributed by atoms with Crippen molar-refractivity contribution in [3.05, 3.63) is 59.2 Å². The predicted molar refractivity (Wildman–Crippen MR) is 108 cm³/mol. The molecule has 0 fully saturated rings. The highest BCUT2D eigenvalue weighted by Crippen LogP contribution is 2.32. The number of ether oxygens (including phenoxy) is 2. The number of hydrogen-bond donors (Lipinski definition) is 2. The van der Waals surface area contributed by atoms with Gasteiger partial charge in [-0.2, -0.15) is 0 Å². The van der Waals surface area contributed by atoms with Crippen molar-refractivity contribution in [3.8, 4) is 0 Å². The maximum Gasteiger partial charge on any atom is 0.355 e.